The highest BCUT2D eigenvalue weighted by molar-refractivity contribution is 5.80. The Kier molecular flexibility index (Phi) is 5.13. The average molecular weight is 469 g/mol. The van der Waals surface area contributed by atoms with Gasteiger partial charge in [0.2, 0.25) is 5.82 Å². The van der Waals surface area contributed by atoms with E-state index in [-0.39, 0.29) is 16.6 Å². The maximum Gasteiger partial charge on any atom is 0.293 e. The molecule has 35 heavy (non-hydrogen) atoms. The van der Waals surface area contributed by atoms with E-state index < -0.39 is 0 Å². The second-order valence-electron chi connectivity index (χ2n) is 8.75. The lowest BCUT2D eigenvalue weighted by atomic mass is 9.98. The van der Waals surface area contributed by atoms with E-state index in [0.29, 0.717) is 37.4 Å². The van der Waals surface area contributed by atoms with Gasteiger partial charge < -0.3 is 4.57 Å². The standard InChI is InChI=1S/C25H24N8O2/c1-2-6-20-26-21-22(25(35)33-14-5-13-32(33)24(21)34)31(20)15-16-9-11-17(12-10-16)18-7-3-4-8-19(18)23-27-29-30-28-23/h3-4,7-12H,2,5-6,13-15H2,1H3,(H,27,28,29,30). The van der Waals surface area contributed by atoms with Crippen molar-refractivity contribution < 1.29 is 0 Å². The Balaban J connectivity index is 1.41. The van der Waals surface area contributed by atoms with Crippen LogP contribution in [0.2, 0.25) is 0 Å². The molecule has 0 aliphatic carbocycles. The predicted molar refractivity (Wildman–Crippen MR) is 131 cm³/mol. The van der Waals surface area contributed by atoms with Gasteiger partial charge in [0, 0.05) is 31.6 Å². The number of aromatic amines is 1. The number of aromatic nitrogens is 8. The lowest BCUT2D eigenvalue weighted by Crippen LogP contribution is -2.35. The summed E-state index contributed by atoms with van der Waals surface area (Å²) in [6, 6.07) is 16.1. The van der Waals surface area contributed by atoms with Crippen molar-refractivity contribution in [2.45, 2.75) is 45.8 Å². The quantitative estimate of drug-likeness (QED) is 0.410. The van der Waals surface area contributed by atoms with Crippen molar-refractivity contribution in [2.24, 2.45) is 0 Å². The van der Waals surface area contributed by atoms with Crippen LogP contribution in [0, 0.1) is 0 Å². The molecular formula is C25H24N8O2. The van der Waals surface area contributed by atoms with Gasteiger partial charge >= 0.3 is 0 Å². The van der Waals surface area contributed by atoms with E-state index in [4.69, 9.17) is 0 Å². The smallest absolute Gasteiger partial charge is 0.293 e. The molecule has 2 aromatic carbocycles. The second kappa shape index (κ2) is 8.46. The summed E-state index contributed by atoms with van der Waals surface area (Å²) in [4.78, 5) is 31.0. The maximum absolute atomic E-state index is 13.3. The zero-order valence-electron chi connectivity index (χ0n) is 19.3. The van der Waals surface area contributed by atoms with Crippen LogP contribution in [-0.4, -0.2) is 39.5 Å². The SMILES string of the molecule is CCCc1nc2c(=O)n3n(c(=O)c2n1Cc1ccc(-c2ccccc2-c2nn[nH]n2)cc1)CCC3. The normalized spacial score (nSPS) is 12.9. The minimum atomic E-state index is -0.179. The minimum Gasteiger partial charge on any atom is -0.319 e. The summed E-state index contributed by atoms with van der Waals surface area (Å²) in [6.07, 6.45) is 2.36. The van der Waals surface area contributed by atoms with Crippen LogP contribution in [-0.2, 0) is 26.1 Å². The van der Waals surface area contributed by atoms with Crippen LogP contribution in [0.5, 0.6) is 0 Å². The third kappa shape index (κ3) is 3.49. The van der Waals surface area contributed by atoms with Crippen molar-refractivity contribution >= 4 is 11.0 Å². The zero-order valence-corrected chi connectivity index (χ0v) is 19.3. The molecule has 1 aliphatic rings. The fourth-order valence-corrected chi connectivity index (χ4v) is 4.91. The molecule has 1 aliphatic heterocycles. The van der Waals surface area contributed by atoms with Crippen molar-refractivity contribution in [3.05, 3.63) is 80.6 Å². The molecule has 0 amide bonds. The number of fused-ring (bicyclic) bond motifs is 2. The second-order valence-corrected chi connectivity index (χ2v) is 8.75. The lowest BCUT2D eigenvalue weighted by Gasteiger charge is -2.12. The fraction of sp³-hybridized carbons (Fsp3) is 0.280. The number of nitrogens with zero attached hydrogens (tertiary/aromatic N) is 7. The molecule has 6 rings (SSSR count). The van der Waals surface area contributed by atoms with Crippen LogP contribution in [0.4, 0.5) is 0 Å². The van der Waals surface area contributed by atoms with E-state index >= 15 is 0 Å². The Morgan fingerprint density at radius 2 is 1.69 bits per heavy atom. The Morgan fingerprint density at radius 3 is 2.40 bits per heavy atom. The van der Waals surface area contributed by atoms with Crippen molar-refractivity contribution in [2.75, 3.05) is 0 Å². The first-order valence-electron chi connectivity index (χ1n) is 11.8. The topological polar surface area (TPSA) is 116 Å². The van der Waals surface area contributed by atoms with Crippen LogP contribution < -0.4 is 11.1 Å². The van der Waals surface area contributed by atoms with Crippen LogP contribution in [0.15, 0.2) is 58.1 Å². The molecule has 10 nitrogen and oxygen atoms in total. The highest BCUT2D eigenvalue weighted by Crippen LogP contribution is 2.30. The number of imidazole rings is 1. The van der Waals surface area contributed by atoms with Gasteiger partial charge in [-0.15, -0.1) is 10.2 Å². The van der Waals surface area contributed by atoms with Gasteiger partial charge in [0.25, 0.3) is 11.1 Å². The summed E-state index contributed by atoms with van der Waals surface area (Å²) >= 11 is 0. The maximum atomic E-state index is 13.3. The van der Waals surface area contributed by atoms with Gasteiger partial charge in [-0.2, -0.15) is 5.21 Å². The van der Waals surface area contributed by atoms with Crippen molar-refractivity contribution in [1.29, 1.82) is 0 Å². The molecule has 5 aromatic rings. The van der Waals surface area contributed by atoms with Crippen molar-refractivity contribution in [1.82, 2.24) is 39.5 Å². The molecule has 0 fully saturated rings. The Labute approximate surface area is 199 Å². The van der Waals surface area contributed by atoms with Crippen LogP contribution in [0.25, 0.3) is 33.5 Å². The van der Waals surface area contributed by atoms with Gasteiger partial charge in [-0.05, 0) is 34.7 Å². The molecule has 10 heteroatoms. The molecule has 0 radical (unpaired) electrons. The van der Waals surface area contributed by atoms with Gasteiger partial charge in [-0.25, -0.2) is 14.3 Å². The molecule has 4 heterocycles. The van der Waals surface area contributed by atoms with Gasteiger partial charge in [0.1, 0.15) is 11.3 Å². The van der Waals surface area contributed by atoms with Crippen LogP contribution >= 0.6 is 0 Å². The van der Waals surface area contributed by atoms with E-state index in [1.54, 1.807) is 4.68 Å². The van der Waals surface area contributed by atoms with Gasteiger partial charge in [0.05, 0.1) is 0 Å². The number of aryl methyl sites for hydroxylation is 1. The molecule has 176 valence electrons. The van der Waals surface area contributed by atoms with E-state index in [0.717, 1.165) is 40.9 Å². The average Bonchev–Trinajstić information content (AvgIpc) is 3.65. The fourth-order valence-electron chi connectivity index (χ4n) is 4.91. The lowest BCUT2D eigenvalue weighted by molar-refractivity contribution is 0.554. The summed E-state index contributed by atoms with van der Waals surface area (Å²) < 4.78 is 5.03. The van der Waals surface area contributed by atoms with Crippen molar-refractivity contribution in [3.8, 4) is 22.5 Å². The Bertz CT molecular complexity index is 1640. The number of benzene rings is 2. The first-order chi connectivity index (χ1) is 17.2. The zero-order chi connectivity index (χ0) is 23.9. The van der Waals surface area contributed by atoms with E-state index in [1.807, 2.05) is 53.1 Å². The van der Waals surface area contributed by atoms with Crippen LogP contribution in [0.1, 0.15) is 31.2 Å². The summed E-state index contributed by atoms with van der Waals surface area (Å²) in [6.45, 7) is 3.66. The first-order valence-corrected chi connectivity index (χ1v) is 11.8. The highest BCUT2D eigenvalue weighted by Gasteiger charge is 2.23. The number of rotatable bonds is 6. The first kappa shape index (κ1) is 21.2. The Morgan fingerprint density at radius 1 is 0.943 bits per heavy atom. The summed E-state index contributed by atoms with van der Waals surface area (Å²) in [5.41, 5.74) is 4.30. The molecular weight excluding hydrogens is 444 g/mol. The van der Waals surface area contributed by atoms with Crippen LogP contribution in [0.3, 0.4) is 0 Å². The molecule has 0 unspecified atom stereocenters. The van der Waals surface area contributed by atoms with E-state index in [2.05, 4.69) is 32.5 Å². The largest absolute Gasteiger partial charge is 0.319 e. The summed E-state index contributed by atoms with van der Waals surface area (Å²) in [5.74, 6) is 1.31. The van der Waals surface area contributed by atoms with Gasteiger partial charge in [-0.3, -0.25) is 9.59 Å². The third-order valence-electron chi connectivity index (χ3n) is 6.54. The number of hydrogen-bond donors (Lipinski definition) is 1. The molecule has 3 aromatic heterocycles. The van der Waals surface area contributed by atoms with Gasteiger partial charge in [0.15, 0.2) is 5.52 Å². The minimum absolute atomic E-state index is 0.141. The molecule has 0 saturated heterocycles. The number of H-pyrrole nitrogens is 1. The monoisotopic (exact) mass is 468 g/mol. The highest BCUT2D eigenvalue weighted by atomic mass is 16.2. The molecule has 0 atom stereocenters. The summed E-state index contributed by atoms with van der Waals surface area (Å²) in [7, 11) is 0. The number of hydrogen-bond acceptors (Lipinski definition) is 6. The number of nitrogens with one attached hydrogen (secondary N) is 1. The molecule has 0 bridgehead atoms. The number of tetrazole rings is 1. The van der Waals surface area contributed by atoms with E-state index in [9.17, 15) is 9.59 Å². The van der Waals surface area contributed by atoms with Crippen molar-refractivity contribution in [3.63, 3.8) is 0 Å². The molecule has 0 saturated carbocycles. The molecule has 0 spiro atoms. The summed E-state index contributed by atoms with van der Waals surface area (Å²) in [5, 5.41) is 14.4. The van der Waals surface area contributed by atoms with Gasteiger partial charge in [-0.1, -0.05) is 55.5 Å². The predicted octanol–water partition coefficient (Wildman–Crippen LogP) is 2.61. The third-order valence-corrected chi connectivity index (χ3v) is 6.54. The molecule has 1 N–H and O–H groups in total. The Hall–Kier alpha value is -4.34. The van der Waals surface area contributed by atoms with E-state index in [1.165, 1.54) is 4.68 Å².